The van der Waals surface area contributed by atoms with Gasteiger partial charge in [0.25, 0.3) is 0 Å². The van der Waals surface area contributed by atoms with Crippen molar-refractivity contribution >= 4 is 33.5 Å². The normalized spacial score (nSPS) is 11.5. The third kappa shape index (κ3) is 4.50. The van der Waals surface area contributed by atoms with Crippen molar-refractivity contribution < 1.29 is 19.1 Å². The number of nitrogens with one attached hydrogen (secondary N) is 1. The van der Waals surface area contributed by atoms with E-state index in [2.05, 4.69) is 21.2 Å². The van der Waals surface area contributed by atoms with Crippen LogP contribution >= 0.6 is 15.9 Å². The third-order valence-electron chi connectivity index (χ3n) is 3.24. The summed E-state index contributed by atoms with van der Waals surface area (Å²) in [6.07, 6.45) is 0. The van der Waals surface area contributed by atoms with Gasteiger partial charge in [0.05, 0.1) is 12.2 Å². The average Bonchev–Trinajstić information content (AvgIpc) is 2.38. The van der Waals surface area contributed by atoms with E-state index < -0.39 is 23.2 Å². The molecule has 0 fully saturated rings. The topological polar surface area (TPSA) is 69.6 Å². The number of amides is 1. The number of halogens is 2. The Morgan fingerprint density at radius 1 is 1.43 bits per heavy atom. The number of carbonyl (C=O) groups excluding carboxylic acids is 1. The van der Waals surface area contributed by atoms with Gasteiger partial charge in [-0.2, -0.15) is 0 Å². The maximum Gasteiger partial charge on any atom is 0.323 e. The Balaban J connectivity index is 2.78. The SMILES string of the molecule is CCN(CC(=O)Nc1ccc(Br)cc1F)C(C)(C)C(=O)O. The molecule has 1 rings (SSSR count). The summed E-state index contributed by atoms with van der Waals surface area (Å²) >= 11 is 3.13. The number of anilines is 1. The van der Waals surface area contributed by atoms with Crippen molar-refractivity contribution in [3.05, 3.63) is 28.5 Å². The zero-order chi connectivity index (χ0) is 16.2. The number of carboxylic acids is 1. The minimum Gasteiger partial charge on any atom is -0.480 e. The van der Waals surface area contributed by atoms with Crippen LogP contribution in [0, 0.1) is 5.82 Å². The van der Waals surface area contributed by atoms with Gasteiger partial charge < -0.3 is 10.4 Å². The number of aliphatic carboxylic acids is 1. The highest BCUT2D eigenvalue weighted by Crippen LogP contribution is 2.20. The van der Waals surface area contributed by atoms with Crippen LogP contribution in [-0.2, 0) is 9.59 Å². The van der Waals surface area contributed by atoms with Crippen molar-refractivity contribution in [1.82, 2.24) is 4.90 Å². The number of rotatable bonds is 6. The molecule has 1 aromatic rings. The van der Waals surface area contributed by atoms with Crippen LogP contribution in [0.3, 0.4) is 0 Å². The second-order valence-corrected chi connectivity index (χ2v) is 5.97. The molecule has 0 aliphatic carbocycles. The summed E-state index contributed by atoms with van der Waals surface area (Å²) < 4.78 is 14.2. The molecule has 0 unspecified atom stereocenters. The van der Waals surface area contributed by atoms with E-state index in [0.717, 1.165) is 0 Å². The largest absolute Gasteiger partial charge is 0.480 e. The van der Waals surface area contributed by atoms with Crippen molar-refractivity contribution in [3.8, 4) is 0 Å². The summed E-state index contributed by atoms with van der Waals surface area (Å²) in [4.78, 5) is 24.7. The molecule has 0 bridgehead atoms. The lowest BCUT2D eigenvalue weighted by molar-refractivity contribution is -0.149. The fourth-order valence-electron chi connectivity index (χ4n) is 1.79. The van der Waals surface area contributed by atoms with Crippen molar-refractivity contribution in [1.29, 1.82) is 0 Å². The summed E-state index contributed by atoms with van der Waals surface area (Å²) in [6.45, 7) is 5.05. The third-order valence-corrected chi connectivity index (χ3v) is 3.73. The van der Waals surface area contributed by atoms with Crippen LogP contribution in [0.25, 0.3) is 0 Å². The summed E-state index contributed by atoms with van der Waals surface area (Å²) in [6, 6.07) is 4.29. The van der Waals surface area contributed by atoms with Gasteiger partial charge in [-0.1, -0.05) is 22.9 Å². The van der Waals surface area contributed by atoms with Crippen LogP contribution in [0.15, 0.2) is 22.7 Å². The zero-order valence-corrected chi connectivity index (χ0v) is 13.7. The van der Waals surface area contributed by atoms with Crippen LogP contribution in [0.5, 0.6) is 0 Å². The van der Waals surface area contributed by atoms with Gasteiger partial charge >= 0.3 is 5.97 Å². The molecule has 7 heteroatoms. The number of benzene rings is 1. The van der Waals surface area contributed by atoms with E-state index in [4.69, 9.17) is 0 Å². The molecule has 1 amide bonds. The second kappa shape index (κ2) is 7.00. The van der Waals surface area contributed by atoms with E-state index in [1.165, 1.54) is 30.9 Å². The van der Waals surface area contributed by atoms with Gasteiger partial charge in [0.15, 0.2) is 0 Å². The number of carboxylic acid groups (broad SMARTS) is 1. The fraction of sp³-hybridized carbons (Fsp3) is 0.429. The lowest BCUT2D eigenvalue weighted by Gasteiger charge is -2.33. The van der Waals surface area contributed by atoms with Crippen molar-refractivity contribution in [3.63, 3.8) is 0 Å². The first kappa shape index (κ1) is 17.6. The van der Waals surface area contributed by atoms with Gasteiger partial charge in [-0.05, 0) is 38.6 Å². The molecule has 116 valence electrons. The Labute approximate surface area is 131 Å². The number of likely N-dealkylation sites (N-methyl/N-ethyl adjacent to an activating group) is 1. The summed E-state index contributed by atoms with van der Waals surface area (Å²) in [5.41, 5.74) is -1.11. The van der Waals surface area contributed by atoms with Gasteiger partial charge in [0.1, 0.15) is 11.4 Å². The van der Waals surface area contributed by atoms with Gasteiger partial charge in [0.2, 0.25) is 5.91 Å². The van der Waals surface area contributed by atoms with E-state index in [1.807, 2.05) is 0 Å². The van der Waals surface area contributed by atoms with Crippen LogP contribution in [0.1, 0.15) is 20.8 Å². The zero-order valence-electron chi connectivity index (χ0n) is 12.1. The van der Waals surface area contributed by atoms with E-state index in [9.17, 15) is 19.1 Å². The molecule has 0 radical (unpaired) electrons. The molecule has 1 aromatic carbocycles. The lowest BCUT2D eigenvalue weighted by Crippen LogP contribution is -2.52. The molecular weight excluding hydrogens is 343 g/mol. The highest BCUT2D eigenvalue weighted by atomic mass is 79.9. The van der Waals surface area contributed by atoms with Crippen molar-refractivity contribution in [2.75, 3.05) is 18.4 Å². The van der Waals surface area contributed by atoms with Crippen LogP contribution in [-0.4, -0.2) is 40.5 Å². The Kier molecular flexibility index (Phi) is 5.86. The molecule has 2 N–H and O–H groups in total. The molecule has 0 spiro atoms. The minimum absolute atomic E-state index is 0.0624. The molecule has 0 aliphatic heterocycles. The van der Waals surface area contributed by atoms with Gasteiger partial charge in [-0.25, -0.2) is 4.39 Å². The van der Waals surface area contributed by atoms with Crippen LogP contribution in [0.4, 0.5) is 10.1 Å². The Morgan fingerprint density at radius 3 is 2.52 bits per heavy atom. The van der Waals surface area contributed by atoms with Gasteiger partial charge in [-0.3, -0.25) is 14.5 Å². The molecular formula is C14H18BrFN2O3. The first-order chi connectivity index (χ1) is 9.68. The molecule has 0 saturated carbocycles. The second-order valence-electron chi connectivity index (χ2n) is 5.05. The lowest BCUT2D eigenvalue weighted by atomic mass is 10.0. The molecule has 0 aromatic heterocycles. The maximum atomic E-state index is 13.6. The first-order valence-electron chi connectivity index (χ1n) is 6.41. The first-order valence-corrected chi connectivity index (χ1v) is 7.21. The van der Waals surface area contributed by atoms with Crippen molar-refractivity contribution in [2.24, 2.45) is 0 Å². The predicted octanol–water partition coefficient (Wildman–Crippen LogP) is 2.71. The van der Waals surface area contributed by atoms with Gasteiger partial charge in [0, 0.05) is 4.47 Å². The van der Waals surface area contributed by atoms with E-state index in [1.54, 1.807) is 13.0 Å². The highest BCUT2D eigenvalue weighted by Gasteiger charge is 2.34. The van der Waals surface area contributed by atoms with Crippen LogP contribution < -0.4 is 5.32 Å². The van der Waals surface area contributed by atoms with Crippen molar-refractivity contribution in [2.45, 2.75) is 26.3 Å². The molecule has 0 heterocycles. The van der Waals surface area contributed by atoms with E-state index >= 15 is 0 Å². The Bertz CT molecular complexity index is 549. The number of nitrogens with zero attached hydrogens (tertiary/aromatic N) is 1. The Hall–Kier alpha value is -1.47. The number of hydrogen-bond donors (Lipinski definition) is 2. The van der Waals surface area contributed by atoms with Crippen LogP contribution in [0.2, 0.25) is 0 Å². The monoisotopic (exact) mass is 360 g/mol. The molecule has 0 atom stereocenters. The Morgan fingerprint density at radius 2 is 2.05 bits per heavy atom. The fourth-order valence-corrected chi connectivity index (χ4v) is 2.13. The molecule has 0 saturated heterocycles. The predicted molar refractivity (Wildman–Crippen MR) is 81.7 cm³/mol. The summed E-state index contributed by atoms with van der Waals surface area (Å²) in [7, 11) is 0. The molecule has 5 nitrogen and oxygen atoms in total. The maximum absolute atomic E-state index is 13.6. The van der Waals surface area contributed by atoms with E-state index in [-0.39, 0.29) is 12.2 Å². The average molecular weight is 361 g/mol. The highest BCUT2D eigenvalue weighted by molar-refractivity contribution is 9.10. The number of hydrogen-bond acceptors (Lipinski definition) is 3. The number of carbonyl (C=O) groups is 2. The smallest absolute Gasteiger partial charge is 0.323 e. The summed E-state index contributed by atoms with van der Waals surface area (Å²) in [5.74, 6) is -2.04. The quantitative estimate of drug-likeness (QED) is 0.818. The standard InChI is InChI=1S/C14H18BrFN2O3/c1-4-18(14(2,3)13(20)21)8-12(19)17-11-6-5-9(15)7-10(11)16/h5-7H,4,8H2,1-3H3,(H,17,19)(H,20,21). The van der Waals surface area contributed by atoms with Gasteiger partial charge in [-0.15, -0.1) is 0 Å². The summed E-state index contributed by atoms with van der Waals surface area (Å²) in [5, 5.41) is 11.6. The molecule has 0 aliphatic rings. The van der Waals surface area contributed by atoms with E-state index in [0.29, 0.717) is 11.0 Å². The molecule has 21 heavy (non-hydrogen) atoms. The minimum atomic E-state index is -1.18.